The van der Waals surface area contributed by atoms with Crippen LogP contribution in [0.3, 0.4) is 0 Å². The van der Waals surface area contributed by atoms with Crippen LogP contribution in [-0.2, 0) is 6.42 Å². The van der Waals surface area contributed by atoms with E-state index >= 15 is 0 Å². The molecule has 0 spiro atoms. The van der Waals surface area contributed by atoms with E-state index in [1.807, 2.05) is 12.1 Å². The maximum atomic E-state index is 5.19. The van der Waals surface area contributed by atoms with E-state index in [1.165, 1.54) is 11.1 Å². The van der Waals surface area contributed by atoms with Gasteiger partial charge in [0, 0.05) is 12.0 Å². The highest BCUT2D eigenvalue weighted by molar-refractivity contribution is 5.29. The minimum Gasteiger partial charge on any atom is -0.497 e. The molecule has 0 fully saturated rings. The first-order valence-electron chi connectivity index (χ1n) is 6.31. The number of hydrogen-bond acceptors (Lipinski definition) is 1. The van der Waals surface area contributed by atoms with Crippen molar-refractivity contribution in [3.63, 3.8) is 0 Å². The van der Waals surface area contributed by atoms with Gasteiger partial charge in [-0.15, -0.1) is 0 Å². The number of methoxy groups -OCH3 is 1. The van der Waals surface area contributed by atoms with Crippen molar-refractivity contribution < 1.29 is 10.1 Å². The Hall–Kier alpha value is -1.80. The summed E-state index contributed by atoms with van der Waals surface area (Å²) in [5, 5.41) is 2.26. The molecular weight excluding hydrogens is 222 g/mol. The second-order valence-corrected chi connectivity index (χ2v) is 4.40. The van der Waals surface area contributed by atoms with Crippen LogP contribution in [0.2, 0.25) is 0 Å². The van der Waals surface area contributed by atoms with E-state index in [-0.39, 0.29) is 0 Å². The highest BCUT2D eigenvalue weighted by Gasteiger charge is 2.13. The van der Waals surface area contributed by atoms with Gasteiger partial charge in [-0.2, -0.15) is 0 Å². The number of nitrogens with two attached hydrogens (primary N) is 1. The highest BCUT2D eigenvalue weighted by atomic mass is 16.5. The molecular formula is C16H20NO+. The fraction of sp³-hybridized carbons (Fsp3) is 0.250. The Balaban J connectivity index is 2.12. The van der Waals surface area contributed by atoms with Gasteiger partial charge in [-0.05, 0) is 29.8 Å². The Morgan fingerprint density at radius 1 is 1.00 bits per heavy atom. The SMILES string of the molecule is C[NH2+][C@H](Cc1ccccc1)c1ccc(OC)cc1. The molecule has 0 amide bonds. The maximum Gasteiger partial charge on any atom is 0.118 e. The minimum absolute atomic E-state index is 0.457. The van der Waals surface area contributed by atoms with Gasteiger partial charge < -0.3 is 10.1 Å². The zero-order chi connectivity index (χ0) is 12.8. The van der Waals surface area contributed by atoms with E-state index in [4.69, 9.17) is 4.74 Å². The molecule has 1 atom stereocenters. The van der Waals surface area contributed by atoms with Crippen LogP contribution in [0.1, 0.15) is 17.2 Å². The van der Waals surface area contributed by atoms with Gasteiger partial charge in [0.15, 0.2) is 0 Å². The Morgan fingerprint density at radius 3 is 2.22 bits per heavy atom. The molecule has 2 aromatic carbocycles. The van der Waals surface area contributed by atoms with Crippen molar-refractivity contribution in [1.82, 2.24) is 0 Å². The zero-order valence-electron chi connectivity index (χ0n) is 11.0. The van der Waals surface area contributed by atoms with Gasteiger partial charge in [0.25, 0.3) is 0 Å². The van der Waals surface area contributed by atoms with E-state index in [9.17, 15) is 0 Å². The summed E-state index contributed by atoms with van der Waals surface area (Å²) >= 11 is 0. The van der Waals surface area contributed by atoms with Crippen LogP contribution in [0, 0.1) is 0 Å². The molecule has 0 bridgehead atoms. The fourth-order valence-electron chi connectivity index (χ4n) is 2.15. The Labute approximate surface area is 109 Å². The van der Waals surface area contributed by atoms with E-state index in [2.05, 4.69) is 54.8 Å². The van der Waals surface area contributed by atoms with Crippen LogP contribution >= 0.6 is 0 Å². The molecule has 0 saturated carbocycles. The van der Waals surface area contributed by atoms with Crippen LogP contribution in [-0.4, -0.2) is 14.2 Å². The normalized spacial score (nSPS) is 12.1. The third kappa shape index (κ3) is 3.11. The number of benzene rings is 2. The summed E-state index contributed by atoms with van der Waals surface area (Å²) in [6.07, 6.45) is 1.05. The monoisotopic (exact) mass is 242 g/mol. The molecule has 0 saturated heterocycles. The topological polar surface area (TPSA) is 25.8 Å². The van der Waals surface area contributed by atoms with Crippen molar-refractivity contribution in [3.8, 4) is 5.75 Å². The third-order valence-corrected chi connectivity index (χ3v) is 3.24. The van der Waals surface area contributed by atoms with E-state index in [0.29, 0.717) is 6.04 Å². The Bertz CT molecular complexity index is 464. The number of rotatable bonds is 5. The fourth-order valence-corrected chi connectivity index (χ4v) is 2.15. The van der Waals surface area contributed by atoms with Crippen LogP contribution in [0.25, 0.3) is 0 Å². The molecule has 0 unspecified atom stereocenters. The van der Waals surface area contributed by atoms with Crippen molar-refractivity contribution in [1.29, 1.82) is 0 Å². The summed E-state index contributed by atoms with van der Waals surface area (Å²) < 4.78 is 5.19. The number of quaternary nitrogens is 1. The van der Waals surface area contributed by atoms with Crippen LogP contribution in [0.4, 0.5) is 0 Å². The lowest BCUT2D eigenvalue weighted by molar-refractivity contribution is -0.670. The summed E-state index contributed by atoms with van der Waals surface area (Å²) in [6.45, 7) is 0. The van der Waals surface area contributed by atoms with Crippen molar-refractivity contribution in [2.24, 2.45) is 0 Å². The molecule has 0 aliphatic rings. The number of likely N-dealkylation sites (N-methyl/N-ethyl adjacent to an activating group) is 1. The average molecular weight is 242 g/mol. The summed E-state index contributed by atoms with van der Waals surface area (Å²) in [4.78, 5) is 0. The Kier molecular flexibility index (Phi) is 4.37. The van der Waals surface area contributed by atoms with Gasteiger partial charge in [0.1, 0.15) is 11.8 Å². The van der Waals surface area contributed by atoms with E-state index in [0.717, 1.165) is 12.2 Å². The minimum atomic E-state index is 0.457. The van der Waals surface area contributed by atoms with Crippen LogP contribution in [0.15, 0.2) is 54.6 Å². The van der Waals surface area contributed by atoms with Gasteiger partial charge in [0.05, 0.1) is 14.2 Å². The highest BCUT2D eigenvalue weighted by Crippen LogP contribution is 2.18. The number of ether oxygens (including phenoxy) is 1. The predicted molar refractivity (Wildman–Crippen MR) is 73.7 cm³/mol. The lowest BCUT2D eigenvalue weighted by atomic mass is 9.99. The molecule has 18 heavy (non-hydrogen) atoms. The molecule has 2 aromatic rings. The molecule has 2 heteroatoms. The predicted octanol–water partition coefficient (Wildman–Crippen LogP) is 2.17. The second-order valence-electron chi connectivity index (χ2n) is 4.40. The lowest BCUT2D eigenvalue weighted by Crippen LogP contribution is -2.81. The number of hydrogen-bond donors (Lipinski definition) is 1. The summed E-state index contributed by atoms with van der Waals surface area (Å²) in [6, 6.07) is 19.4. The van der Waals surface area contributed by atoms with E-state index < -0.39 is 0 Å². The first-order valence-corrected chi connectivity index (χ1v) is 6.31. The van der Waals surface area contributed by atoms with Crippen molar-refractivity contribution >= 4 is 0 Å². The van der Waals surface area contributed by atoms with Crippen LogP contribution in [0.5, 0.6) is 5.75 Å². The largest absolute Gasteiger partial charge is 0.497 e. The zero-order valence-corrected chi connectivity index (χ0v) is 11.0. The van der Waals surface area contributed by atoms with Gasteiger partial charge in [-0.1, -0.05) is 30.3 Å². The molecule has 94 valence electrons. The molecule has 0 radical (unpaired) electrons. The average Bonchev–Trinajstić information content (AvgIpc) is 2.46. The summed E-state index contributed by atoms with van der Waals surface area (Å²) in [5.74, 6) is 0.910. The Morgan fingerprint density at radius 2 is 1.67 bits per heavy atom. The van der Waals surface area contributed by atoms with Gasteiger partial charge in [0.2, 0.25) is 0 Å². The molecule has 2 N–H and O–H groups in total. The standard InChI is InChI=1S/C16H19NO/c1-17-16(12-13-6-4-3-5-7-13)14-8-10-15(18-2)11-9-14/h3-11,16-17H,12H2,1-2H3/p+1/t16-/m1/s1. The second kappa shape index (κ2) is 6.22. The van der Waals surface area contributed by atoms with Gasteiger partial charge in [-0.25, -0.2) is 0 Å². The molecule has 2 nitrogen and oxygen atoms in total. The quantitative estimate of drug-likeness (QED) is 0.854. The van der Waals surface area contributed by atoms with Crippen molar-refractivity contribution in [2.45, 2.75) is 12.5 Å². The molecule has 0 aromatic heterocycles. The van der Waals surface area contributed by atoms with Crippen molar-refractivity contribution in [2.75, 3.05) is 14.2 Å². The first-order chi connectivity index (χ1) is 8.83. The molecule has 0 aliphatic heterocycles. The van der Waals surface area contributed by atoms with E-state index in [1.54, 1.807) is 7.11 Å². The van der Waals surface area contributed by atoms with Gasteiger partial charge in [-0.3, -0.25) is 0 Å². The summed E-state index contributed by atoms with van der Waals surface area (Å²) in [7, 11) is 3.82. The molecule has 0 aliphatic carbocycles. The molecule has 0 heterocycles. The van der Waals surface area contributed by atoms with Crippen molar-refractivity contribution in [3.05, 3.63) is 65.7 Å². The third-order valence-electron chi connectivity index (χ3n) is 3.24. The molecule has 2 rings (SSSR count). The smallest absolute Gasteiger partial charge is 0.118 e. The maximum absolute atomic E-state index is 5.19. The van der Waals surface area contributed by atoms with Crippen LogP contribution < -0.4 is 10.1 Å². The first kappa shape index (κ1) is 12.7. The lowest BCUT2D eigenvalue weighted by Gasteiger charge is -2.14. The van der Waals surface area contributed by atoms with Gasteiger partial charge >= 0.3 is 0 Å². The summed E-state index contributed by atoms with van der Waals surface area (Å²) in [5.41, 5.74) is 2.71.